The van der Waals surface area contributed by atoms with Crippen LogP contribution in [0.3, 0.4) is 0 Å². The van der Waals surface area contributed by atoms with E-state index >= 15 is 0 Å². The SMILES string of the molecule is CC(N)C1CCN(S(=O)(=O)c2cccc(C(F)(F)F)c2)C1.Cl. The molecule has 0 radical (unpaired) electrons. The van der Waals surface area contributed by atoms with Crippen LogP contribution in [-0.4, -0.2) is 31.9 Å². The lowest BCUT2D eigenvalue weighted by molar-refractivity contribution is -0.137. The molecular formula is C13H18ClF3N2O2S. The Labute approximate surface area is 133 Å². The number of nitrogens with zero attached hydrogens (tertiary/aromatic N) is 1. The van der Waals surface area contributed by atoms with Crippen LogP contribution in [0.1, 0.15) is 18.9 Å². The van der Waals surface area contributed by atoms with Crippen LogP contribution in [0.4, 0.5) is 13.2 Å². The summed E-state index contributed by atoms with van der Waals surface area (Å²) >= 11 is 0. The van der Waals surface area contributed by atoms with Gasteiger partial charge in [0.2, 0.25) is 10.0 Å². The molecule has 1 aliphatic heterocycles. The summed E-state index contributed by atoms with van der Waals surface area (Å²) in [5.74, 6) is 0.0329. The van der Waals surface area contributed by atoms with Crippen molar-refractivity contribution in [1.29, 1.82) is 0 Å². The van der Waals surface area contributed by atoms with Gasteiger partial charge in [0, 0.05) is 19.1 Å². The lowest BCUT2D eigenvalue weighted by Crippen LogP contribution is -2.33. The highest BCUT2D eigenvalue weighted by atomic mass is 35.5. The Morgan fingerprint density at radius 2 is 2.00 bits per heavy atom. The van der Waals surface area contributed by atoms with Crippen molar-refractivity contribution in [1.82, 2.24) is 4.31 Å². The summed E-state index contributed by atoms with van der Waals surface area (Å²) in [5, 5.41) is 0. The first-order valence-corrected chi connectivity index (χ1v) is 7.99. The van der Waals surface area contributed by atoms with E-state index in [9.17, 15) is 21.6 Å². The molecule has 1 aliphatic rings. The van der Waals surface area contributed by atoms with E-state index < -0.39 is 21.8 Å². The van der Waals surface area contributed by atoms with Gasteiger partial charge in [-0.25, -0.2) is 8.42 Å². The molecule has 1 fully saturated rings. The quantitative estimate of drug-likeness (QED) is 0.902. The van der Waals surface area contributed by atoms with Gasteiger partial charge in [-0.3, -0.25) is 0 Å². The Balaban J connectivity index is 0.00000242. The molecule has 2 atom stereocenters. The van der Waals surface area contributed by atoms with E-state index in [0.717, 1.165) is 12.1 Å². The van der Waals surface area contributed by atoms with Gasteiger partial charge in [0.15, 0.2) is 0 Å². The molecule has 1 heterocycles. The number of hydrogen-bond acceptors (Lipinski definition) is 3. The third-order valence-corrected chi connectivity index (χ3v) is 5.59. The summed E-state index contributed by atoms with van der Waals surface area (Å²) in [6, 6.07) is 3.67. The first-order chi connectivity index (χ1) is 9.62. The zero-order chi connectivity index (χ0) is 15.8. The lowest BCUT2D eigenvalue weighted by Gasteiger charge is -2.18. The molecule has 2 rings (SSSR count). The smallest absolute Gasteiger partial charge is 0.328 e. The van der Waals surface area contributed by atoms with E-state index in [2.05, 4.69) is 0 Å². The van der Waals surface area contributed by atoms with Gasteiger partial charge in [-0.1, -0.05) is 6.07 Å². The van der Waals surface area contributed by atoms with Gasteiger partial charge in [-0.2, -0.15) is 17.5 Å². The molecule has 0 aliphatic carbocycles. The average Bonchev–Trinajstić information content (AvgIpc) is 2.88. The van der Waals surface area contributed by atoms with Gasteiger partial charge >= 0.3 is 6.18 Å². The third-order valence-electron chi connectivity index (χ3n) is 3.73. The van der Waals surface area contributed by atoms with Gasteiger partial charge in [-0.05, 0) is 37.5 Å². The fourth-order valence-electron chi connectivity index (χ4n) is 2.38. The highest BCUT2D eigenvalue weighted by Crippen LogP contribution is 2.32. The molecule has 22 heavy (non-hydrogen) atoms. The van der Waals surface area contributed by atoms with Crippen LogP contribution in [-0.2, 0) is 16.2 Å². The largest absolute Gasteiger partial charge is 0.416 e. The minimum Gasteiger partial charge on any atom is -0.328 e. The van der Waals surface area contributed by atoms with Crippen molar-refractivity contribution in [2.24, 2.45) is 11.7 Å². The van der Waals surface area contributed by atoms with E-state index in [-0.39, 0.29) is 42.4 Å². The standard InChI is InChI=1S/C13H17F3N2O2S.ClH/c1-9(17)10-5-6-18(8-10)21(19,20)12-4-2-3-11(7-12)13(14,15)16;/h2-4,7,9-10H,5-6,8,17H2,1H3;1H. The molecular weight excluding hydrogens is 341 g/mol. The van der Waals surface area contributed by atoms with E-state index in [0.29, 0.717) is 12.5 Å². The number of benzene rings is 1. The van der Waals surface area contributed by atoms with Crippen LogP contribution in [0.25, 0.3) is 0 Å². The average molecular weight is 359 g/mol. The van der Waals surface area contributed by atoms with Crippen molar-refractivity contribution in [3.63, 3.8) is 0 Å². The van der Waals surface area contributed by atoms with Crippen LogP contribution in [0.5, 0.6) is 0 Å². The van der Waals surface area contributed by atoms with E-state index in [1.807, 2.05) is 0 Å². The van der Waals surface area contributed by atoms with Crippen LogP contribution < -0.4 is 5.73 Å². The second-order valence-electron chi connectivity index (χ2n) is 5.30. The van der Waals surface area contributed by atoms with Crippen molar-refractivity contribution in [2.75, 3.05) is 13.1 Å². The number of hydrogen-bond donors (Lipinski definition) is 1. The molecule has 0 spiro atoms. The van der Waals surface area contributed by atoms with Gasteiger partial charge in [0.05, 0.1) is 10.5 Å². The zero-order valence-electron chi connectivity index (χ0n) is 11.9. The maximum atomic E-state index is 12.7. The monoisotopic (exact) mass is 358 g/mol. The summed E-state index contributed by atoms with van der Waals surface area (Å²) in [6.07, 6.45) is -3.94. The fraction of sp³-hybridized carbons (Fsp3) is 0.538. The van der Waals surface area contributed by atoms with Gasteiger partial charge in [0.25, 0.3) is 0 Å². The minimum absolute atomic E-state index is 0. The normalized spacial score (nSPS) is 21.4. The van der Waals surface area contributed by atoms with Crippen molar-refractivity contribution < 1.29 is 21.6 Å². The molecule has 0 aromatic heterocycles. The topological polar surface area (TPSA) is 63.4 Å². The van der Waals surface area contributed by atoms with Crippen LogP contribution in [0.2, 0.25) is 0 Å². The molecule has 2 unspecified atom stereocenters. The Morgan fingerprint density at radius 3 is 2.50 bits per heavy atom. The summed E-state index contributed by atoms with van der Waals surface area (Å²) < 4.78 is 64.0. The van der Waals surface area contributed by atoms with E-state index in [4.69, 9.17) is 5.73 Å². The van der Waals surface area contributed by atoms with Gasteiger partial charge < -0.3 is 5.73 Å². The highest BCUT2D eigenvalue weighted by molar-refractivity contribution is 7.89. The molecule has 0 amide bonds. The second-order valence-corrected chi connectivity index (χ2v) is 7.23. The van der Waals surface area contributed by atoms with Crippen molar-refractivity contribution in [3.8, 4) is 0 Å². The summed E-state index contributed by atoms with van der Waals surface area (Å²) in [6.45, 7) is 2.33. The second kappa shape index (κ2) is 6.74. The molecule has 126 valence electrons. The molecule has 1 saturated heterocycles. The Hall–Kier alpha value is -0.830. The lowest BCUT2D eigenvalue weighted by atomic mass is 10.0. The van der Waals surface area contributed by atoms with E-state index in [1.165, 1.54) is 10.4 Å². The number of rotatable bonds is 3. The first-order valence-electron chi connectivity index (χ1n) is 6.55. The number of alkyl halides is 3. The van der Waals surface area contributed by atoms with Gasteiger partial charge in [0.1, 0.15) is 0 Å². The number of sulfonamides is 1. The maximum Gasteiger partial charge on any atom is 0.416 e. The van der Waals surface area contributed by atoms with Crippen LogP contribution in [0.15, 0.2) is 29.2 Å². The van der Waals surface area contributed by atoms with E-state index in [1.54, 1.807) is 6.92 Å². The predicted octanol–water partition coefficient (Wildman–Crippen LogP) is 2.49. The van der Waals surface area contributed by atoms with Crippen molar-refractivity contribution in [2.45, 2.75) is 30.5 Å². The molecule has 2 N–H and O–H groups in total. The number of halogens is 4. The van der Waals surface area contributed by atoms with Gasteiger partial charge in [-0.15, -0.1) is 12.4 Å². The summed E-state index contributed by atoms with van der Waals surface area (Å²) in [5.41, 5.74) is 4.79. The molecule has 1 aromatic carbocycles. The van der Waals surface area contributed by atoms with Crippen LogP contribution in [0, 0.1) is 5.92 Å². The molecule has 0 saturated carbocycles. The minimum atomic E-state index is -4.56. The maximum absolute atomic E-state index is 12.7. The molecule has 1 aromatic rings. The molecule has 4 nitrogen and oxygen atoms in total. The third kappa shape index (κ3) is 3.92. The predicted molar refractivity (Wildman–Crippen MR) is 79.2 cm³/mol. The molecule has 9 heteroatoms. The summed E-state index contributed by atoms with van der Waals surface area (Å²) in [4.78, 5) is -0.331. The number of nitrogens with two attached hydrogens (primary N) is 1. The summed E-state index contributed by atoms with van der Waals surface area (Å²) in [7, 11) is -3.91. The molecule has 0 bridgehead atoms. The Bertz CT molecular complexity index is 620. The fourth-order valence-corrected chi connectivity index (χ4v) is 3.94. The highest BCUT2D eigenvalue weighted by Gasteiger charge is 2.36. The first kappa shape index (κ1) is 19.2. The zero-order valence-corrected chi connectivity index (χ0v) is 13.5. The Kier molecular flexibility index (Phi) is 5.88. The van der Waals surface area contributed by atoms with Crippen molar-refractivity contribution >= 4 is 22.4 Å². The van der Waals surface area contributed by atoms with Crippen LogP contribution >= 0.6 is 12.4 Å². The Morgan fingerprint density at radius 1 is 1.36 bits per heavy atom. The van der Waals surface area contributed by atoms with Crippen molar-refractivity contribution in [3.05, 3.63) is 29.8 Å².